The van der Waals surface area contributed by atoms with Crippen molar-refractivity contribution in [3.63, 3.8) is 0 Å². The molecule has 0 unspecified atom stereocenters. The van der Waals surface area contributed by atoms with E-state index in [0.717, 1.165) is 36.9 Å². The van der Waals surface area contributed by atoms with Crippen LogP contribution in [0.3, 0.4) is 0 Å². The fraction of sp³-hybridized carbons (Fsp3) is 0.537. The van der Waals surface area contributed by atoms with Gasteiger partial charge in [0.1, 0.15) is 11.6 Å². The molecule has 2 saturated carbocycles. The normalized spacial score (nSPS) is 26.8. The van der Waals surface area contributed by atoms with Crippen LogP contribution >= 0.6 is 11.6 Å². The minimum Gasteiger partial charge on any atom is -0.465 e. The number of aliphatic hydroxyl groups excluding tert-OH is 1. The fourth-order valence-corrected chi connectivity index (χ4v) is 9.51. The summed E-state index contributed by atoms with van der Waals surface area (Å²) < 4.78 is 33.6. The number of rotatable bonds is 7. The summed E-state index contributed by atoms with van der Waals surface area (Å²) in [7, 11) is -2.50. The Balaban J connectivity index is 0.000000261. The van der Waals surface area contributed by atoms with Crippen LogP contribution in [0.2, 0.25) is 5.28 Å². The van der Waals surface area contributed by atoms with Gasteiger partial charge < -0.3 is 24.6 Å². The van der Waals surface area contributed by atoms with Crippen molar-refractivity contribution in [2.75, 3.05) is 19.0 Å². The van der Waals surface area contributed by atoms with Crippen LogP contribution in [0.4, 0.5) is 5.69 Å². The van der Waals surface area contributed by atoms with Crippen LogP contribution in [0.5, 0.6) is 0 Å². The molecule has 3 heterocycles. The summed E-state index contributed by atoms with van der Waals surface area (Å²) in [6.07, 6.45) is 8.53. The predicted octanol–water partition coefficient (Wildman–Crippen LogP) is 5.97. The molecule has 0 bridgehead atoms. The zero-order valence-corrected chi connectivity index (χ0v) is 33.9. The number of esters is 1. The van der Waals surface area contributed by atoms with Crippen LogP contribution in [-0.2, 0) is 29.1 Å². The molecule has 56 heavy (non-hydrogen) atoms. The number of halogens is 1. The molecule has 0 spiro atoms. The molecule has 2 aliphatic heterocycles. The molecule has 3 aromatic rings. The van der Waals surface area contributed by atoms with Gasteiger partial charge >= 0.3 is 5.97 Å². The van der Waals surface area contributed by atoms with Crippen molar-refractivity contribution in [3.8, 4) is 0 Å². The van der Waals surface area contributed by atoms with Gasteiger partial charge in [-0.1, -0.05) is 49.3 Å². The number of carbonyl (C=O) groups excluding carboxylic acids is 4. The maximum atomic E-state index is 13.8. The Bertz CT molecular complexity index is 2100. The topological polar surface area (TPSA) is 177 Å². The van der Waals surface area contributed by atoms with E-state index in [-0.39, 0.29) is 43.0 Å². The van der Waals surface area contributed by atoms with Gasteiger partial charge in [-0.05, 0) is 101 Å². The number of hydrogen-bond acceptors (Lipinski definition) is 10. The van der Waals surface area contributed by atoms with E-state index >= 15 is 0 Å². The number of nitrogens with zero attached hydrogens (tertiary/aromatic N) is 3. The number of ketones is 1. The van der Waals surface area contributed by atoms with Crippen molar-refractivity contribution in [2.24, 2.45) is 11.3 Å². The van der Waals surface area contributed by atoms with Crippen molar-refractivity contribution in [1.29, 1.82) is 0 Å². The standard InChI is InChI=1S/C29H39N3O6S.C12H13ClN2O2/c1-28(14-15-28)39(37,38)31-27(36)29-17-20(29)10-6-3-2-4-9-13-23(30-21-11-7-5-8-12-21)26(35)32-19-22(33)16-24(32)25(34)18-29;1-7(2)15-9-6-4-5-8(11(16)17-3)10(9)14-12(15)13/h5-8,10-12,20,22-24,30,33H,2-4,9,13-19H2,1H3,(H,31,36);4-7H,1-3H3/b10-6-;/t20-,22-,23+,24+,29-;/m1./s1. The molecule has 13 nitrogen and oxygen atoms in total. The van der Waals surface area contributed by atoms with Crippen LogP contribution in [-0.4, -0.2) is 88.1 Å². The molecule has 7 rings (SSSR count). The summed E-state index contributed by atoms with van der Waals surface area (Å²) in [6.45, 7) is 5.70. The van der Waals surface area contributed by atoms with E-state index < -0.39 is 50.2 Å². The van der Waals surface area contributed by atoms with Crippen molar-refractivity contribution in [2.45, 2.75) is 114 Å². The molecular formula is C41H52ClN5O8S. The van der Waals surface area contributed by atoms with E-state index in [1.807, 2.05) is 67.0 Å². The number of fused-ring (bicyclic) bond motifs is 3. The van der Waals surface area contributed by atoms with E-state index in [9.17, 15) is 32.7 Å². The van der Waals surface area contributed by atoms with Gasteiger partial charge in [0.25, 0.3) is 0 Å². The minimum absolute atomic E-state index is 0.0530. The summed E-state index contributed by atoms with van der Waals surface area (Å²) >= 11 is 6.08. The molecule has 1 aromatic heterocycles. The Hall–Kier alpha value is -4.27. The molecule has 3 N–H and O–H groups in total. The third-order valence-corrected chi connectivity index (χ3v) is 14.0. The summed E-state index contributed by atoms with van der Waals surface area (Å²) in [5.41, 5.74) is 1.51. The first-order valence-corrected chi connectivity index (χ1v) is 21.3. The minimum atomic E-state index is -3.85. The SMILES string of the molecule is CC1(S(=O)(=O)NC(=O)[C@]23CC(=O)[C@@H]4C[C@@H](O)CN4C(=O)[C@@H](Nc4ccccc4)CCCCC/C=C\[C@@H]2C3)CC1.COC(=O)c1cccc2c1nc(Cl)n2C(C)C. The number of hydrogen-bond donors (Lipinski definition) is 3. The van der Waals surface area contributed by atoms with E-state index in [0.29, 0.717) is 42.0 Å². The molecule has 2 amide bonds. The number of amides is 2. The Labute approximate surface area is 333 Å². The number of sulfonamides is 1. The largest absolute Gasteiger partial charge is 0.465 e. The first-order valence-electron chi connectivity index (χ1n) is 19.4. The summed E-state index contributed by atoms with van der Waals surface area (Å²) in [5, 5.41) is 14.2. The lowest BCUT2D eigenvalue weighted by molar-refractivity contribution is -0.139. The Kier molecular flexibility index (Phi) is 12.3. The molecular weight excluding hydrogens is 758 g/mol. The van der Waals surface area contributed by atoms with E-state index in [1.165, 1.54) is 12.0 Å². The molecule has 302 valence electrons. The lowest BCUT2D eigenvalue weighted by Gasteiger charge is -2.30. The number of imidazole rings is 1. The second-order valence-electron chi connectivity index (χ2n) is 16.0. The van der Waals surface area contributed by atoms with Crippen LogP contribution < -0.4 is 10.0 Å². The smallest absolute Gasteiger partial charge is 0.340 e. The van der Waals surface area contributed by atoms with Gasteiger partial charge in [0.05, 0.1) is 40.5 Å². The van der Waals surface area contributed by atoms with Gasteiger partial charge in [-0.15, -0.1) is 0 Å². The second-order valence-corrected chi connectivity index (χ2v) is 18.6. The number of allylic oxidation sites excluding steroid dienone is 2. The molecule has 1 saturated heterocycles. The highest BCUT2D eigenvalue weighted by molar-refractivity contribution is 7.91. The Morgan fingerprint density at radius 2 is 1.79 bits per heavy atom. The number of methoxy groups -OCH3 is 1. The predicted molar refractivity (Wildman–Crippen MR) is 214 cm³/mol. The highest BCUT2D eigenvalue weighted by Gasteiger charge is 2.62. The zero-order valence-electron chi connectivity index (χ0n) is 32.4. The quantitative estimate of drug-likeness (QED) is 0.190. The number of anilines is 1. The number of benzene rings is 2. The van der Waals surface area contributed by atoms with Gasteiger partial charge in [0.2, 0.25) is 27.1 Å². The fourth-order valence-electron chi connectivity index (χ4n) is 7.81. The van der Waals surface area contributed by atoms with Gasteiger partial charge in [-0.3, -0.25) is 19.1 Å². The molecule has 4 aliphatic rings. The van der Waals surface area contributed by atoms with Crippen LogP contribution in [0, 0.1) is 11.3 Å². The number of Topliss-reactive ketones (excluding diaryl/α,β-unsaturated/α-hetero) is 1. The number of nitrogens with one attached hydrogen (secondary N) is 2. The third-order valence-electron chi connectivity index (χ3n) is 11.6. The van der Waals surface area contributed by atoms with E-state index in [1.54, 1.807) is 19.1 Å². The summed E-state index contributed by atoms with van der Waals surface area (Å²) in [5.74, 6) is -1.83. The van der Waals surface area contributed by atoms with Crippen LogP contribution in [0.15, 0.2) is 60.7 Å². The Morgan fingerprint density at radius 1 is 1.05 bits per heavy atom. The zero-order chi connectivity index (χ0) is 40.4. The lowest BCUT2D eigenvalue weighted by atomic mass is 9.91. The average Bonchev–Trinajstić information content (AvgIpc) is 4.00. The Morgan fingerprint density at radius 3 is 2.46 bits per heavy atom. The molecule has 0 radical (unpaired) electrons. The van der Waals surface area contributed by atoms with Crippen molar-refractivity contribution in [1.82, 2.24) is 19.2 Å². The van der Waals surface area contributed by atoms with E-state index in [4.69, 9.17) is 16.3 Å². The maximum Gasteiger partial charge on any atom is 0.340 e. The van der Waals surface area contributed by atoms with Crippen LogP contribution in [0.25, 0.3) is 11.0 Å². The number of carbonyl (C=O) groups is 4. The van der Waals surface area contributed by atoms with Crippen LogP contribution in [0.1, 0.15) is 101 Å². The number of ether oxygens (including phenoxy) is 1. The monoisotopic (exact) mass is 809 g/mol. The van der Waals surface area contributed by atoms with Gasteiger partial charge in [0.15, 0.2) is 5.78 Å². The third kappa shape index (κ3) is 8.67. The molecule has 15 heteroatoms. The number of aromatic nitrogens is 2. The summed E-state index contributed by atoms with van der Waals surface area (Å²) in [4.78, 5) is 58.3. The highest BCUT2D eigenvalue weighted by atomic mass is 35.5. The maximum absolute atomic E-state index is 13.8. The van der Waals surface area contributed by atoms with Crippen molar-refractivity contribution in [3.05, 3.63) is 71.5 Å². The second kappa shape index (κ2) is 16.7. The first-order chi connectivity index (χ1) is 26.6. The van der Waals surface area contributed by atoms with Crippen molar-refractivity contribution < 1.29 is 37.4 Å². The molecule has 2 aliphatic carbocycles. The molecule has 3 fully saturated rings. The number of para-hydroxylation sites is 2. The molecule has 2 aromatic carbocycles. The first kappa shape index (κ1) is 41.4. The van der Waals surface area contributed by atoms with Gasteiger partial charge in [-0.2, -0.15) is 0 Å². The summed E-state index contributed by atoms with van der Waals surface area (Å²) in [6, 6.07) is 13.6. The van der Waals surface area contributed by atoms with Gasteiger partial charge in [-0.25, -0.2) is 18.2 Å². The van der Waals surface area contributed by atoms with E-state index in [2.05, 4.69) is 15.0 Å². The number of aliphatic hydroxyl groups is 1. The van der Waals surface area contributed by atoms with Crippen molar-refractivity contribution >= 4 is 61.9 Å². The highest BCUT2D eigenvalue weighted by Crippen LogP contribution is 2.57. The lowest BCUT2D eigenvalue weighted by Crippen LogP contribution is -2.49. The van der Waals surface area contributed by atoms with Gasteiger partial charge in [0, 0.05) is 31.1 Å². The average molecular weight is 810 g/mol. The molecule has 5 atom stereocenters.